The minimum atomic E-state index is 1.05. The van der Waals surface area contributed by atoms with Crippen LogP contribution in [0, 0.1) is 0 Å². The maximum Gasteiger partial charge on any atom is 0.186 e. The number of fused-ring (bicyclic) bond motifs is 1. The SMILES string of the molecule is C1CC2C[N+]2C1. The molecule has 2 fully saturated rings. The second-order valence-electron chi connectivity index (χ2n) is 2.29. The molecule has 0 aromatic carbocycles. The summed E-state index contributed by atoms with van der Waals surface area (Å²) in [6.07, 6.45) is 2.95. The van der Waals surface area contributed by atoms with E-state index >= 15 is 0 Å². The van der Waals surface area contributed by atoms with E-state index < -0.39 is 0 Å². The van der Waals surface area contributed by atoms with Crippen LogP contribution in [0.4, 0.5) is 0 Å². The van der Waals surface area contributed by atoms with Crippen molar-refractivity contribution in [3.05, 3.63) is 0 Å². The molecule has 2 aliphatic heterocycles. The van der Waals surface area contributed by atoms with Gasteiger partial charge in [0.1, 0.15) is 6.54 Å². The maximum atomic E-state index is 2.53. The van der Waals surface area contributed by atoms with Crippen LogP contribution in [-0.4, -0.2) is 19.1 Å². The minimum Gasteiger partial charge on any atom is -0.156 e. The molecule has 2 rings (SSSR count). The molecule has 2 saturated heterocycles. The number of hydrogen-bond acceptors (Lipinski definition) is 1. The van der Waals surface area contributed by atoms with Crippen molar-refractivity contribution in [2.75, 3.05) is 13.1 Å². The monoisotopic (exact) mass is 83.1 g/mol. The summed E-state index contributed by atoms with van der Waals surface area (Å²) in [5, 5.41) is 0. The third-order valence-electron chi connectivity index (χ3n) is 1.81. The van der Waals surface area contributed by atoms with Crippen LogP contribution in [0.2, 0.25) is 0 Å². The molecule has 0 aromatic rings. The number of piperidine rings is 1. The molecule has 0 saturated carbocycles. The Balaban J connectivity index is 2.09. The summed E-state index contributed by atoms with van der Waals surface area (Å²) >= 11 is 0. The van der Waals surface area contributed by atoms with Crippen molar-refractivity contribution < 1.29 is 0 Å². The third kappa shape index (κ3) is 0.243. The third-order valence-corrected chi connectivity index (χ3v) is 1.81. The summed E-state index contributed by atoms with van der Waals surface area (Å²) in [4.78, 5) is 2.53. The van der Waals surface area contributed by atoms with Gasteiger partial charge in [-0.25, -0.2) is 0 Å². The zero-order valence-corrected chi connectivity index (χ0v) is 3.85. The van der Waals surface area contributed by atoms with E-state index in [-0.39, 0.29) is 0 Å². The molecule has 0 aliphatic carbocycles. The van der Waals surface area contributed by atoms with Gasteiger partial charge in [0, 0.05) is 12.8 Å². The van der Waals surface area contributed by atoms with E-state index in [0.717, 1.165) is 6.04 Å². The fraction of sp³-hybridized carbons (Fsp3) is 1.00. The van der Waals surface area contributed by atoms with Crippen LogP contribution in [0.1, 0.15) is 12.8 Å². The fourth-order valence-corrected chi connectivity index (χ4v) is 1.30. The van der Waals surface area contributed by atoms with Crippen LogP contribution in [-0.2, 0) is 0 Å². The van der Waals surface area contributed by atoms with E-state index in [9.17, 15) is 0 Å². The van der Waals surface area contributed by atoms with Gasteiger partial charge in [-0.05, 0) is 0 Å². The summed E-state index contributed by atoms with van der Waals surface area (Å²) in [7, 11) is 0. The number of hydrogen-bond donors (Lipinski definition) is 0. The fourth-order valence-electron chi connectivity index (χ4n) is 1.30. The van der Waals surface area contributed by atoms with Crippen LogP contribution < -0.4 is 4.90 Å². The molecule has 2 unspecified atom stereocenters. The first-order valence-electron chi connectivity index (χ1n) is 2.71. The zero-order chi connectivity index (χ0) is 3.98. The Morgan fingerprint density at radius 3 is 2.67 bits per heavy atom. The maximum absolute atomic E-state index is 2.53. The predicted molar refractivity (Wildman–Crippen MR) is 24.9 cm³/mol. The molecule has 0 bridgehead atoms. The summed E-state index contributed by atoms with van der Waals surface area (Å²) in [6, 6.07) is 1.05. The Labute approximate surface area is 37.9 Å². The van der Waals surface area contributed by atoms with E-state index in [1.807, 2.05) is 0 Å². The second-order valence-corrected chi connectivity index (χ2v) is 2.29. The molecule has 2 atom stereocenters. The lowest BCUT2D eigenvalue weighted by molar-refractivity contribution is 0.753. The molecule has 2 heterocycles. The van der Waals surface area contributed by atoms with E-state index in [2.05, 4.69) is 4.90 Å². The molecule has 1 nitrogen and oxygen atoms in total. The van der Waals surface area contributed by atoms with E-state index in [1.165, 1.54) is 25.9 Å². The molecule has 0 amide bonds. The Hall–Kier alpha value is -0.0400. The summed E-state index contributed by atoms with van der Waals surface area (Å²) in [5.41, 5.74) is 0. The van der Waals surface area contributed by atoms with Gasteiger partial charge in [-0.1, -0.05) is 0 Å². The highest BCUT2D eigenvalue weighted by molar-refractivity contribution is 4.99. The first-order valence-corrected chi connectivity index (χ1v) is 2.71. The summed E-state index contributed by atoms with van der Waals surface area (Å²) in [6.45, 7) is 2.81. The first kappa shape index (κ1) is 3.03. The summed E-state index contributed by atoms with van der Waals surface area (Å²) < 4.78 is 0. The molecule has 1 radical (unpaired) electrons. The van der Waals surface area contributed by atoms with Crippen molar-refractivity contribution in [3.8, 4) is 0 Å². The Bertz CT molecular complexity index is 62.3. The average molecular weight is 83.1 g/mol. The van der Waals surface area contributed by atoms with Crippen molar-refractivity contribution >= 4 is 0 Å². The number of rotatable bonds is 0. The van der Waals surface area contributed by atoms with E-state index in [0.29, 0.717) is 0 Å². The van der Waals surface area contributed by atoms with E-state index in [4.69, 9.17) is 0 Å². The van der Waals surface area contributed by atoms with Gasteiger partial charge in [-0.15, -0.1) is 0 Å². The average Bonchev–Trinajstić information content (AvgIpc) is 2.17. The Kier molecular flexibility index (Phi) is 0.396. The van der Waals surface area contributed by atoms with E-state index in [1.54, 1.807) is 0 Å². The summed E-state index contributed by atoms with van der Waals surface area (Å²) in [5.74, 6) is 0. The predicted octanol–water partition coefficient (Wildman–Crippen LogP) is 0.302. The van der Waals surface area contributed by atoms with Gasteiger partial charge in [0.25, 0.3) is 0 Å². The highest BCUT2D eigenvalue weighted by Gasteiger charge is 2.50. The van der Waals surface area contributed by atoms with Crippen molar-refractivity contribution in [2.45, 2.75) is 18.9 Å². The quantitative estimate of drug-likeness (QED) is 0.293. The van der Waals surface area contributed by atoms with Gasteiger partial charge in [0.2, 0.25) is 0 Å². The highest BCUT2D eigenvalue weighted by Crippen LogP contribution is 2.25. The van der Waals surface area contributed by atoms with Gasteiger partial charge >= 0.3 is 0 Å². The van der Waals surface area contributed by atoms with Crippen LogP contribution >= 0.6 is 0 Å². The van der Waals surface area contributed by atoms with Gasteiger partial charge in [-0.3, -0.25) is 0 Å². The van der Waals surface area contributed by atoms with Crippen molar-refractivity contribution in [2.24, 2.45) is 0 Å². The Morgan fingerprint density at radius 2 is 2.50 bits per heavy atom. The molecule has 0 spiro atoms. The molecule has 0 aromatic heterocycles. The highest BCUT2D eigenvalue weighted by atomic mass is 15.3. The largest absolute Gasteiger partial charge is 0.186 e. The normalized spacial score (nSPS) is 52.0. The van der Waals surface area contributed by atoms with Crippen molar-refractivity contribution in [1.82, 2.24) is 4.90 Å². The molecular formula is C5H9N+. The van der Waals surface area contributed by atoms with Crippen molar-refractivity contribution in [3.63, 3.8) is 0 Å². The lowest BCUT2D eigenvalue weighted by Crippen LogP contribution is -1.97. The van der Waals surface area contributed by atoms with Crippen LogP contribution in [0.25, 0.3) is 0 Å². The molecule has 2 aliphatic rings. The van der Waals surface area contributed by atoms with Crippen molar-refractivity contribution in [1.29, 1.82) is 0 Å². The Morgan fingerprint density at radius 1 is 1.50 bits per heavy atom. The molecule has 6 heavy (non-hydrogen) atoms. The van der Waals surface area contributed by atoms with Crippen LogP contribution in [0.15, 0.2) is 0 Å². The topological polar surface area (TPSA) is 5.90 Å². The first-order chi connectivity index (χ1) is 2.97. The van der Waals surface area contributed by atoms with Gasteiger partial charge in [0.05, 0.1) is 0 Å². The lowest BCUT2D eigenvalue weighted by Gasteiger charge is -1.72. The molecule has 33 valence electrons. The smallest absolute Gasteiger partial charge is 0.156 e. The lowest BCUT2D eigenvalue weighted by atomic mass is 10.3. The molecular weight excluding hydrogens is 74.1 g/mol. The molecule has 0 N–H and O–H groups in total. The number of nitrogens with zero attached hydrogens (tertiary/aromatic N) is 1. The second kappa shape index (κ2) is 0.784. The van der Waals surface area contributed by atoms with Gasteiger partial charge in [0.15, 0.2) is 12.6 Å². The minimum absolute atomic E-state index is 1.05. The van der Waals surface area contributed by atoms with Gasteiger partial charge in [-0.2, -0.15) is 4.90 Å². The standard InChI is InChI=1S/C5H9N/c1-2-5-4-6(5)3-1/h5H,1-4H2/q+1. The molecule has 1 heteroatoms. The van der Waals surface area contributed by atoms with Gasteiger partial charge < -0.3 is 0 Å². The van der Waals surface area contributed by atoms with Crippen LogP contribution in [0.3, 0.4) is 0 Å². The zero-order valence-electron chi connectivity index (χ0n) is 3.85. The van der Waals surface area contributed by atoms with Crippen LogP contribution in [0.5, 0.6) is 0 Å².